The molecule has 0 aliphatic rings. The molecular weight excluding hydrogens is 299 g/mol. The minimum atomic E-state index is -1.26. The molecule has 0 spiro atoms. The van der Waals surface area contributed by atoms with Crippen molar-refractivity contribution in [3.05, 3.63) is 16.9 Å². The van der Waals surface area contributed by atoms with Crippen LogP contribution in [-0.2, 0) is 15.6 Å². The number of hydrogen-bond acceptors (Lipinski definition) is 5. The summed E-state index contributed by atoms with van der Waals surface area (Å²) in [6.45, 7) is 1.74. The Morgan fingerprint density at radius 2 is 2.39 bits per heavy atom. The topological polar surface area (TPSA) is 59.4 Å². The zero-order chi connectivity index (χ0) is 13.3. The number of aromatic nitrogens is 1. The van der Waals surface area contributed by atoms with Crippen LogP contribution in [0.1, 0.15) is 6.92 Å². The molecule has 4 nitrogen and oxygen atoms in total. The number of hydrogen-bond donors (Lipinski definition) is 0. The Labute approximate surface area is 113 Å². The van der Waals surface area contributed by atoms with E-state index in [0.717, 1.165) is 17.4 Å². The number of aliphatic imine (C=N–C) groups is 1. The highest BCUT2D eigenvalue weighted by Gasteiger charge is 2.18. The van der Waals surface area contributed by atoms with Gasteiger partial charge in [0, 0.05) is 5.75 Å². The molecule has 0 fully saturated rings. The van der Waals surface area contributed by atoms with Gasteiger partial charge in [0.15, 0.2) is 10.2 Å². The summed E-state index contributed by atoms with van der Waals surface area (Å²) in [5, 5.41) is 0.1000. The lowest BCUT2D eigenvalue weighted by Crippen LogP contribution is -1.91. The van der Waals surface area contributed by atoms with Crippen LogP contribution in [0.15, 0.2) is 15.4 Å². The molecule has 0 aliphatic carbocycles. The molecule has 0 N–H and O–H groups in total. The first-order chi connectivity index (χ1) is 8.58. The third-order valence-electron chi connectivity index (χ3n) is 2.14. The van der Waals surface area contributed by atoms with Crippen LogP contribution >= 0.6 is 22.9 Å². The average Bonchev–Trinajstić information content (AvgIpc) is 2.78. The summed E-state index contributed by atoms with van der Waals surface area (Å²) in [5.41, 5.74) is 0.134. The number of thiazole rings is 1. The Balaban J connectivity index is 2.81. The molecule has 0 bridgehead atoms. The second-order valence-electron chi connectivity index (χ2n) is 3.18. The number of carbonyl (C=O) groups excluding carboxylic acids is 1. The quantitative estimate of drug-likeness (QED) is 0.646. The van der Waals surface area contributed by atoms with Crippen LogP contribution in [0.3, 0.4) is 0 Å². The Bertz CT molecular complexity index is 695. The predicted molar refractivity (Wildman–Crippen MR) is 69.3 cm³/mol. The lowest BCUT2D eigenvalue weighted by molar-refractivity contribution is 0.564. The van der Waals surface area contributed by atoms with Crippen molar-refractivity contribution in [2.24, 2.45) is 4.99 Å². The van der Waals surface area contributed by atoms with Gasteiger partial charge in [0.05, 0.1) is 20.5 Å². The maximum Gasteiger partial charge on any atom is 0.240 e. The molecule has 0 aliphatic heterocycles. The Kier molecular flexibility index (Phi) is 3.87. The van der Waals surface area contributed by atoms with E-state index in [-0.39, 0.29) is 10.7 Å². The Morgan fingerprint density at radius 1 is 1.67 bits per heavy atom. The summed E-state index contributed by atoms with van der Waals surface area (Å²) in [5.74, 6) is -0.333. The van der Waals surface area contributed by atoms with E-state index in [0.29, 0.717) is 20.3 Å². The molecule has 0 amide bonds. The van der Waals surface area contributed by atoms with E-state index in [1.54, 1.807) is 6.92 Å². The highest BCUT2D eigenvalue weighted by molar-refractivity contribution is 7.87. The van der Waals surface area contributed by atoms with E-state index >= 15 is 0 Å². The molecule has 2 rings (SSSR count). The highest BCUT2D eigenvalue weighted by Crippen LogP contribution is 2.38. The number of fused-ring (bicyclic) bond motifs is 1. The van der Waals surface area contributed by atoms with Crippen molar-refractivity contribution < 1.29 is 13.4 Å². The number of benzene rings is 1. The van der Waals surface area contributed by atoms with Crippen LogP contribution in [-0.4, -0.2) is 21.0 Å². The maximum absolute atomic E-state index is 13.6. The lowest BCUT2D eigenvalue weighted by atomic mass is 10.3. The number of halogens is 2. The third-order valence-corrected chi connectivity index (χ3v) is 5.10. The standard InChI is InChI=1S/C10H6ClFN2O2S2/c1-2-18(16)10-14-7-5(11)3-6(12)8(13-4-15)9(7)17-10/h3H,2H2,1H3. The van der Waals surface area contributed by atoms with Crippen molar-refractivity contribution in [1.29, 1.82) is 0 Å². The molecular formula is C10H6ClFN2O2S2. The zero-order valence-corrected chi connectivity index (χ0v) is 11.5. The van der Waals surface area contributed by atoms with E-state index in [9.17, 15) is 13.4 Å². The molecule has 0 saturated carbocycles. The van der Waals surface area contributed by atoms with Gasteiger partial charge in [-0.25, -0.2) is 14.2 Å². The highest BCUT2D eigenvalue weighted by atomic mass is 35.5. The minimum Gasteiger partial charge on any atom is -0.252 e. The van der Waals surface area contributed by atoms with Crippen LogP contribution in [0.5, 0.6) is 0 Å². The van der Waals surface area contributed by atoms with Gasteiger partial charge in [0.25, 0.3) is 0 Å². The van der Waals surface area contributed by atoms with Crippen LogP contribution in [0.4, 0.5) is 10.1 Å². The summed E-state index contributed by atoms with van der Waals surface area (Å²) in [6, 6.07) is 1.03. The number of isocyanates is 1. The lowest BCUT2D eigenvalue weighted by Gasteiger charge is -1.97. The van der Waals surface area contributed by atoms with Crippen molar-refractivity contribution in [3.63, 3.8) is 0 Å². The van der Waals surface area contributed by atoms with Crippen molar-refractivity contribution in [2.45, 2.75) is 11.3 Å². The molecule has 2 aromatic rings. The first kappa shape index (κ1) is 13.3. The van der Waals surface area contributed by atoms with Gasteiger partial charge in [-0.3, -0.25) is 4.21 Å². The van der Waals surface area contributed by atoms with Crippen LogP contribution in [0, 0.1) is 5.82 Å². The normalized spacial score (nSPS) is 12.4. The van der Waals surface area contributed by atoms with Gasteiger partial charge >= 0.3 is 0 Å². The van der Waals surface area contributed by atoms with Gasteiger partial charge in [-0.05, 0) is 6.07 Å². The summed E-state index contributed by atoms with van der Waals surface area (Å²) in [4.78, 5) is 17.7. The van der Waals surface area contributed by atoms with E-state index in [1.807, 2.05) is 0 Å². The van der Waals surface area contributed by atoms with Crippen LogP contribution in [0.2, 0.25) is 5.02 Å². The Hall–Kier alpha value is -1.14. The molecule has 18 heavy (non-hydrogen) atoms. The second-order valence-corrected chi connectivity index (χ2v) is 6.50. The summed E-state index contributed by atoms with van der Waals surface area (Å²) < 4.78 is 25.9. The third kappa shape index (κ3) is 2.22. The SMILES string of the molecule is CCS(=O)c1nc2c(Cl)cc(F)c(N=C=O)c2s1. The summed E-state index contributed by atoms with van der Waals surface area (Å²) in [6.07, 6.45) is 1.28. The van der Waals surface area contributed by atoms with Gasteiger partial charge in [-0.1, -0.05) is 18.5 Å². The molecule has 8 heteroatoms. The molecule has 0 saturated heterocycles. The molecule has 1 aromatic carbocycles. The molecule has 0 radical (unpaired) electrons. The molecule has 94 valence electrons. The fourth-order valence-corrected chi connectivity index (χ4v) is 3.86. The average molecular weight is 305 g/mol. The Morgan fingerprint density at radius 3 is 3.00 bits per heavy atom. The number of rotatable bonds is 3. The first-order valence-corrected chi connectivity index (χ1v) is 7.34. The molecule has 1 atom stereocenters. The monoisotopic (exact) mass is 304 g/mol. The minimum absolute atomic E-state index is 0.1000. The maximum atomic E-state index is 13.6. The second kappa shape index (κ2) is 5.24. The van der Waals surface area contributed by atoms with Gasteiger partial charge in [-0.15, -0.1) is 11.3 Å². The van der Waals surface area contributed by atoms with Gasteiger partial charge in [0.1, 0.15) is 11.2 Å². The fraction of sp³-hybridized carbons (Fsp3) is 0.200. The largest absolute Gasteiger partial charge is 0.252 e. The van der Waals surface area contributed by atoms with E-state index < -0.39 is 16.6 Å². The van der Waals surface area contributed by atoms with E-state index in [4.69, 9.17) is 11.6 Å². The van der Waals surface area contributed by atoms with Crippen molar-refractivity contribution >= 4 is 55.7 Å². The molecule has 1 aromatic heterocycles. The summed E-state index contributed by atoms with van der Waals surface area (Å²) in [7, 11) is -1.26. The first-order valence-electron chi connectivity index (χ1n) is 4.83. The summed E-state index contributed by atoms with van der Waals surface area (Å²) >= 11 is 6.88. The molecule has 1 unspecified atom stereocenters. The van der Waals surface area contributed by atoms with E-state index in [1.165, 1.54) is 6.08 Å². The van der Waals surface area contributed by atoms with Gasteiger partial charge < -0.3 is 0 Å². The zero-order valence-electron chi connectivity index (χ0n) is 9.07. The van der Waals surface area contributed by atoms with Crippen molar-refractivity contribution in [2.75, 3.05) is 5.75 Å². The van der Waals surface area contributed by atoms with Crippen molar-refractivity contribution in [3.8, 4) is 0 Å². The van der Waals surface area contributed by atoms with Gasteiger partial charge in [0.2, 0.25) is 6.08 Å². The van der Waals surface area contributed by atoms with Crippen LogP contribution in [0.25, 0.3) is 10.2 Å². The number of nitrogens with zero attached hydrogens (tertiary/aromatic N) is 2. The fourth-order valence-electron chi connectivity index (χ4n) is 1.35. The van der Waals surface area contributed by atoms with Crippen LogP contribution < -0.4 is 0 Å². The predicted octanol–water partition coefficient (Wildman–Crippen LogP) is 3.18. The smallest absolute Gasteiger partial charge is 0.240 e. The van der Waals surface area contributed by atoms with Gasteiger partial charge in [-0.2, -0.15) is 4.99 Å². The van der Waals surface area contributed by atoms with Crippen molar-refractivity contribution in [1.82, 2.24) is 4.98 Å². The van der Waals surface area contributed by atoms with E-state index in [2.05, 4.69) is 9.98 Å². The molecule has 1 heterocycles.